The van der Waals surface area contributed by atoms with Crippen molar-refractivity contribution in [1.82, 2.24) is 15.1 Å². The third kappa shape index (κ3) is 5.41. The molecule has 2 aromatic rings. The largest absolute Gasteiger partial charge is 0.381 e. The Morgan fingerprint density at radius 1 is 1.17 bits per heavy atom. The SMILES string of the molecule is CN(C)CCNC(=O)CN1Cc2ccc(NCc3c(Cl)cccc3Cl)cc2C1=O. The van der Waals surface area contributed by atoms with E-state index in [0.29, 0.717) is 35.2 Å². The fourth-order valence-electron chi connectivity index (χ4n) is 3.14. The molecule has 0 bridgehead atoms. The second kappa shape index (κ2) is 9.48. The summed E-state index contributed by atoms with van der Waals surface area (Å²) in [6.45, 7) is 2.25. The first-order valence-electron chi connectivity index (χ1n) is 9.35. The van der Waals surface area contributed by atoms with Crippen molar-refractivity contribution < 1.29 is 9.59 Å². The van der Waals surface area contributed by atoms with Crippen LogP contribution in [0.25, 0.3) is 0 Å². The van der Waals surface area contributed by atoms with E-state index in [2.05, 4.69) is 10.6 Å². The molecular weight excluding hydrogens is 411 g/mol. The van der Waals surface area contributed by atoms with Crippen LogP contribution in [-0.2, 0) is 17.9 Å². The number of amides is 2. The fourth-order valence-corrected chi connectivity index (χ4v) is 3.67. The Hall–Kier alpha value is -2.28. The molecule has 6 nitrogen and oxygen atoms in total. The number of halogens is 2. The molecule has 0 aromatic heterocycles. The molecule has 0 unspecified atom stereocenters. The number of nitrogens with zero attached hydrogens (tertiary/aromatic N) is 2. The monoisotopic (exact) mass is 434 g/mol. The molecule has 0 saturated carbocycles. The highest BCUT2D eigenvalue weighted by molar-refractivity contribution is 6.36. The third-order valence-electron chi connectivity index (χ3n) is 4.74. The molecule has 0 saturated heterocycles. The zero-order valence-electron chi connectivity index (χ0n) is 16.5. The van der Waals surface area contributed by atoms with Gasteiger partial charge in [-0.2, -0.15) is 0 Å². The molecule has 1 aliphatic heterocycles. The number of anilines is 1. The van der Waals surface area contributed by atoms with E-state index in [-0.39, 0.29) is 18.4 Å². The molecule has 0 spiro atoms. The predicted molar refractivity (Wildman–Crippen MR) is 117 cm³/mol. The topological polar surface area (TPSA) is 64.7 Å². The van der Waals surface area contributed by atoms with Gasteiger partial charge in [-0.3, -0.25) is 9.59 Å². The van der Waals surface area contributed by atoms with Crippen molar-refractivity contribution in [3.63, 3.8) is 0 Å². The molecule has 0 atom stereocenters. The van der Waals surface area contributed by atoms with Crippen molar-refractivity contribution in [2.75, 3.05) is 39.0 Å². The van der Waals surface area contributed by atoms with Crippen LogP contribution in [0.3, 0.4) is 0 Å². The first-order valence-corrected chi connectivity index (χ1v) is 10.1. The molecule has 1 heterocycles. The van der Waals surface area contributed by atoms with E-state index in [0.717, 1.165) is 23.4 Å². The number of hydrogen-bond donors (Lipinski definition) is 2. The van der Waals surface area contributed by atoms with Gasteiger partial charge in [0.05, 0.1) is 0 Å². The molecule has 154 valence electrons. The van der Waals surface area contributed by atoms with Crippen LogP contribution in [0.5, 0.6) is 0 Å². The fraction of sp³-hybridized carbons (Fsp3) is 0.333. The highest BCUT2D eigenvalue weighted by Crippen LogP contribution is 2.28. The van der Waals surface area contributed by atoms with Gasteiger partial charge in [-0.1, -0.05) is 35.3 Å². The zero-order valence-corrected chi connectivity index (χ0v) is 18.0. The quantitative estimate of drug-likeness (QED) is 0.669. The molecule has 2 amide bonds. The van der Waals surface area contributed by atoms with Gasteiger partial charge in [0.15, 0.2) is 0 Å². The summed E-state index contributed by atoms with van der Waals surface area (Å²) in [7, 11) is 3.89. The number of nitrogens with one attached hydrogen (secondary N) is 2. The third-order valence-corrected chi connectivity index (χ3v) is 5.44. The lowest BCUT2D eigenvalue weighted by Crippen LogP contribution is -2.39. The van der Waals surface area contributed by atoms with E-state index in [4.69, 9.17) is 23.2 Å². The second-order valence-electron chi connectivity index (χ2n) is 7.24. The smallest absolute Gasteiger partial charge is 0.255 e. The van der Waals surface area contributed by atoms with Crippen molar-refractivity contribution in [2.45, 2.75) is 13.1 Å². The number of hydrogen-bond acceptors (Lipinski definition) is 4. The number of carbonyl (C=O) groups excluding carboxylic acids is 2. The van der Waals surface area contributed by atoms with Crippen LogP contribution in [0.2, 0.25) is 10.0 Å². The van der Waals surface area contributed by atoms with Crippen molar-refractivity contribution in [3.05, 3.63) is 63.1 Å². The maximum absolute atomic E-state index is 12.7. The average molecular weight is 435 g/mol. The van der Waals surface area contributed by atoms with Crippen molar-refractivity contribution in [3.8, 4) is 0 Å². The Bertz CT molecular complexity index is 897. The summed E-state index contributed by atoms with van der Waals surface area (Å²) in [5.41, 5.74) is 3.13. The van der Waals surface area contributed by atoms with Gasteiger partial charge in [0.25, 0.3) is 5.91 Å². The van der Waals surface area contributed by atoms with Gasteiger partial charge < -0.3 is 20.4 Å². The van der Waals surface area contributed by atoms with Gasteiger partial charge in [-0.25, -0.2) is 0 Å². The van der Waals surface area contributed by atoms with Crippen LogP contribution in [0.4, 0.5) is 5.69 Å². The van der Waals surface area contributed by atoms with Crippen LogP contribution in [0, 0.1) is 0 Å². The number of rotatable bonds is 8. The summed E-state index contributed by atoms with van der Waals surface area (Å²) in [4.78, 5) is 28.4. The molecule has 8 heteroatoms. The standard InChI is InChI=1S/C21H24Cl2N4O2/c1-26(2)9-8-24-20(28)13-27-12-14-6-7-15(10-16(14)21(27)29)25-11-17-18(22)4-3-5-19(17)23/h3-7,10,25H,8-9,11-13H2,1-2H3,(H,24,28). The Kier molecular flexibility index (Phi) is 7.00. The van der Waals surface area contributed by atoms with Crippen LogP contribution < -0.4 is 10.6 Å². The Labute approximate surface area is 180 Å². The summed E-state index contributed by atoms with van der Waals surface area (Å²) >= 11 is 12.4. The summed E-state index contributed by atoms with van der Waals surface area (Å²) in [5.74, 6) is -0.290. The van der Waals surface area contributed by atoms with Crippen molar-refractivity contribution >= 4 is 40.7 Å². The Morgan fingerprint density at radius 3 is 2.59 bits per heavy atom. The average Bonchev–Trinajstić information content (AvgIpc) is 2.96. The molecule has 0 aliphatic carbocycles. The van der Waals surface area contributed by atoms with Crippen LogP contribution in [0.1, 0.15) is 21.5 Å². The van der Waals surface area contributed by atoms with E-state index < -0.39 is 0 Å². The van der Waals surface area contributed by atoms with E-state index in [1.54, 1.807) is 23.1 Å². The second-order valence-corrected chi connectivity index (χ2v) is 8.05. The van der Waals surface area contributed by atoms with Gasteiger partial charge in [0.2, 0.25) is 5.91 Å². The van der Waals surface area contributed by atoms with Gasteiger partial charge in [0.1, 0.15) is 6.54 Å². The van der Waals surface area contributed by atoms with Gasteiger partial charge in [-0.15, -0.1) is 0 Å². The highest BCUT2D eigenvalue weighted by atomic mass is 35.5. The highest BCUT2D eigenvalue weighted by Gasteiger charge is 2.28. The van der Waals surface area contributed by atoms with Crippen molar-refractivity contribution in [2.24, 2.45) is 0 Å². The van der Waals surface area contributed by atoms with E-state index in [1.807, 2.05) is 37.2 Å². The minimum Gasteiger partial charge on any atom is -0.381 e. The summed E-state index contributed by atoms with van der Waals surface area (Å²) in [6, 6.07) is 11.0. The summed E-state index contributed by atoms with van der Waals surface area (Å²) in [6.07, 6.45) is 0. The first-order chi connectivity index (χ1) is 13.8. The molecule has 1 aliphatic rings. The van der Waals surface area contributed by atoms with Gasteiger partial charge in [-0.05, 0) is 43.9 Å². The molecule has 0 fully saturated rings. The lowest BCUT2D eigenvalue weighted by Gasteiger charge is -2.16. The molecular formula is C21H24Cl2N4O2. The Balaban J connectivity index is 1.60. The van der Waals surface area contributed by atoms with E-state index >= 15 is 0 Å². The molecule has 3 rings (SSSR count). The predicted octanol–water partition coefficient (Wildman–Crippen LogP) is 3.24. The minimum absolute atomic E-state index is 0.0545. The number of benzene rings is 2. The summed E-state index contributed by atoms with van der Waals surface area (Å²) in [5, 5.41) is 7.28. The van der Waals surface area contributed by atoms with E-state index in [9.17, 15) is 9.59 Å². The normalized spacial score (nSPS) is 13.0. The van der Waals surface area contributed by atoms with Crippen LogP contribution in [-0.4, -0.2) is 55.3 Å². The zero-order chi connectivity index (χ0) is 21.0. The minimum atomic E-state index is -0.153. The molecule has 2 N–H and O–H groups in total. The van der Waals surface area contributed by atoms with Gasteiger partial charge >= 0.3 is 0 Å². The molecule has 2 aromatic carbocycles. The first kappa shape index (κ1) is 21.4. The van der Waals surface area contributed by atoms with Crippen LogP contribution in [0.15, 0.2) is 36.4 Å². The maximum atomic E-state index is 12.7. The number of fused-ring (bicyclic) bond motifs is 1. The van der Waals surface area contributed by atoms with Crippen molar-refractivity contribution in [1.29, 1.82) is 0 Å². The number of likely N-dealkylation sites (N-methyl/N-ethyl adjacent to an activating group) is 1. The number of carbonyl (C=O) groups is 2. The summed E-state index contributed by atoms with van der Waals surface area (Å²) < 4.78 is 0. The molecule has 29 heavy (non-hydrogen) atoms. The van der Waals surface area contributed by atoms with Gasteiger partial charge in [0, 0.05) is 53.0 Å². The molecule has 0 radical (unpaired) electrons. The van der Waals surface area contributed by atoms with E-state index in [1.165, 1.54) is 0 Å². The maximum Gasteiger partial charge on any atom is 0.255 e. The lowest BCUT2D eigenvalue weighted by molar-refractivity contribution is -0.121. The Morgan fingerprint density at radius 2 is 1.90 bits per heavy atom. The lowest BCUT2D eigenvalue weighted by atomic mass is 10.1. The van der Waals surface area contributed by atoms with Crippen LogP contribution >= 0.6 is 23.2 Å².